The van der Waals surface area contributed by atoms with Crippen LogP contribution in [0, 0.1) is 6.54 Å². The number of ketones is 1. The number of aliphatic hydroxyl groups is 2. The van der Waals surface area contributed by atoms with Crippen molar-refractivity contribution in [1.82, 2.24) is 9.55 Å². The first-order valence-electron chi connectivity index (χ1n) is 4.64. The fourth-order valence-corrected chi connectivity index (χ4v) is 1.02. The molecule has 0 fully saturated rings. The first-order valence-corrected chi connectivity index (χ1v) is 4.64. The minimum Gasteiger partial charge on any atom is -0.848 e. The molecule has 0 amide bonds. The van der Waals surface area contributed by atoms with Crippen LogP contribution in [0.25, 0.3) is 0 Å². The minimum absolute atomic E-state index is 0.00953. The fourth-order valence-electron chi connectivity index (χ4n) is 1.02. The van der Waals surface area contributed by atoms with Crippen LogP contribution in [-0.2, 0) is 4.79 Å². The van der Waals surface area contributed by atoms with Gasteiger partial charge in [-0.15, -0.1) is 0 Å². The Morgan fingerprint density at radius 3 is 2.88 bits per heavy atom. The number of aromatic nitrogens is 2. The molecule has 0 saturated carbocycles. The van der Waals surface area contributed by atoms with E-state index in [1.165, 1.54) is 12.3 Å². The van der Waals surface area contributed by atoms with Crippen LogP contribution in [0.3, 0.4) is 0 Å². The summed E-state index contributed by atoms with van der Waals surface area (Å²) in [7, 11) is 0. The second-order valence-electron chi connectivity index (χ2n) is 3.24. The zero-order chi connectivity index (χ0) is 13.0. The molecule has 2 atom stereocenters. The van der Waals surface area contributed by atoms with Gasteiger partial charge in [0.1, 0.15) is 18.5 Å². The van der Waals surface area contributed by atoms with Crippen molar-refractivity contribution in [1.29, 1.82) is 0 Å². The summed E-state index contributed by atoms with van der Waals surface area (Å²) in [5.74, 6) is -1.00. The van der Waals surface area contributed by atoms with E-state index in [9.17, 15) is 19.8 Å². The zero-order valence-corrected chi connectivity index (χ0v) is 8.68. The first-order chi connectivity index (χ1) is 7.95. The molecular weight excluding hydrogens is 230 g/mol. The highest BCUT2D eigenvalue weighted by molar-refractivity contribution is 5.91. The maximum atomic E-state index is 11.3. The Hall–Kier alpha value is -1.77. The first kappa shape index (κ1) is 13.3. The Morgan fingerprint density at radius 2 is 2.35 bits per heavy atom. The molecule has 1 aromatic heterocycles. The van der Waals surface area contributed by atoms with Crippen molar-refractivity contribution >= 4 is 11.6 Å². The molecule has 1 rings (SSSR count). The van der Waals surface area contributed by atoms with Gasteiger partial charge in [-0.1, -0.05) is 6.10 Å². The number of nitrogen functional groups attached to an aromatic ring is 1. The predicted molar refractivity (Wildman–Crippen MR) is 54.5 cm³/mol. The van der Waals surface area contributed by atoms with E-state index in [0.29, 0.717) is 0 Å². The van der Waals surface area contributed by atoms with Gasteiger partial charge in [-0.2, -0.15) is 4.98 Å². The number of carbonyl (C=O) groups is 1. The Morgan fingerprint density at radius 1 is 1.71 bits per heavy atom. The van der Waals surface area contributed by atoms with Crippen molar-refractivity contribution in [3.63, 3.8) is 0 Å². The lowest BCUT2D eigenvalue weighted by Gasteiger charge is -2.24. The molecule has 0 aliphatic rings. The third kappa shape index (κ3) is 3.34. The third-order valence-corrected chi connectivity index (χ3v) is 1.94. The van der Waals surface area contributed by atoms with Gasteiger partial charge >= 0.3 is 5.69 Å². The van der Waals surface area contributed by atoms with Crippen LogP contribution in [0.2, 0.25) is 0 Å². The van der Waals surface area contributed by atoms with Crippen LogP contribution in [0.5, 0.6) is 0 Å². The van der Waals surface area contributed by atoms with E-state index >= 15 is 0 Å². The molecule has 0 aliphatic carbocycles. The van der Waals surface area contributed by atoms with Gasteiger partial charge in [-0.05, 0) is 6.07 Å². The average Bonchev–Trinajstić information content (AvgIpc) is 2.30. The summed E-state index contributed by atoms with van der Waals surface area (Å²) in [6, 6.07) is 1.28. The number of hydrogen-bond acceptors (Lipinski definition) is 7. The van der Waals surface area contributed by atoms with E-state index < -0.39 is 30.3 Å². The van der Waals surface area contributed by atoms with Gasteiger partial charge in [0.15, 0.2) is 5.78 Å². The molecule has 0 saturated heterocycles. The molecule has 17 heavy (non-hydrogen) atoms. The van der Waals surface area contributed by atoms with Crippen molar-refractivity contribution < 1.29 is 20.1 Å². The molecule has 0 spiro atoms. The van der Waals surface area contributed by atoms with Crippen molar-refractivity contribution in [3.05, 3.63) is 29.3 Å². The molecule has 1 radical (unpaired) electrons. The van der Waals surface area contributed by atoms with Gasteiger partial charge in [0.05, 0.1) is 0 Å². The van der Waals surface area contributed by atoms with Gasteiger partial charge in [0, 0.05) is 12.8 Å². The van der Waals surface area contributed by atoms with Gasteiger partial charge in [-0.3, -0.25) is 9.36 Å². The standard InChI is InChI=1S/C9H11N3O5/c10-7-1-2-12(9(17)11-7)3-5(14)8(16)6(15)4-13/h1-3,6,8,13,16H,4H2,(H2,10,11,17)/q-1/t6-,8+/m1/s1. The van der Waals surface area contributed by atoms with E-state index in [2.05, 4.69) is 4.98 Å². The SMILES string of the molecule is Nc1ccn([CH]C(=O)[C@H](O)[C@H]([O-])CO)c(=O)n1. The topological polar surface area (TPSA) is 142 Å². The molecular formula is C9H11N3O5-. The lowest BCUT2D eigenvalue weighted by Crippen LogP contribution is -2.46. The monoisotopic (exact) mass is 241 g/mol. The molecule has 0 aromatic carbocycles. The van der Waals surface area contributed by atoms with Crippen LogP contribution < -0.4 is 16.5 Å². The molecule has 0 unspecified atom stereocenters. The number of Topliss-reactive ketones (excluding diaryl/α,β-unsaturated/α-hetero) is 1. The average molecular weight is 241 g/mol. The molecule has 8 heteroatoms. The molecule has 8 nitrogen and oxygen atoms in total. The Kier molecular flexibility index (Phi) is 4.32. The molecule has 4 N–H and O–H groups in total. The molecule has 93 valence electrons. The van der Waals surface area contributed by atoms with E-state index in [1.807, 2.05) is 0 Å². The van der Waals surface area contributed by atoms with E-state index in [1.54, 1.807) is 0 Å². The van der Waals surface area contributed by atoms with Gasteiger partial charge in [0.2, 0.25) is 0 Å². The summed E-state index contributed by atoms with van der Waals surface area (Å²) >= 11 is 0. The quantitative estimate of drug-likeness (QED) is 0.485. The zero-order valence-electron chi connectivity index (χ0n) is 8.68. The van der Waals surface area contributed by atoms with Crippen molar-refractivity contribution in [2.75, 3.05) is 12.3 Å². The number of hydrogen-bond donors (Lipinski definition) is 3. The summed E-state index contributed by atoms with van der Waals surface area (Å²) in [6.07, 6.45) is -2.59. The van der Waals surface area contributed by atoms with E-state index in [-0.39, 0.29) is 5.82 Å². The van der Waals surface area contributed by atoms with Crippen molar-refractivity contribution in [2.24, 2.45) is 0 Å². The number of rotatable bonds is 5. The van der Waals surface area contributed by atoms with Crippen LogP contribution in [0.4, 0.5) is 5.82 Å². The van der Waals surface area contributed by atoms with Crippen molar-refractivity contribution in [2.45, 2.75) is 12.2 Å². The van der Waals surface area contributed by atoms with Gasteiger partial charge in [-0.25, -0.2) is 4.79 Å². The Labute approximate surface area is 96.0 Å². The highest BCUT2D eigenvalue weighted by Gasteiger charge is 2.18. The second kappa shape index (κ2) is 5.53. The summed E-state index contributed by atoms with van der Waals surface area (Å²) in [5, 5.41) is 28.6. The van der Waals surface area contributed by atoms with Crippen molar-refractivity contribution in [3.8, 4) is 0 Å². The van der Waals surface area contributed by atoms with Crippen LogP contribution in [-0.4, -0.2) is 44.4 Å². The maximum Gasteiger partial charge on any atom is 0.350 e. The molecule has 0 aliphatic heterocycles. The normalized spacial score (nSPS) is 14.3. The Balaban J connectivity index is 2.78. The summed E-state index contributed by atoms with van der Waals surface area (Å²) in [6.45, 7) is -0.157. The van der Waals surface area contributed by atoms with Crippen LogP contribution in [0.1, 0.15) is 0 Å². The summed E-state index contributed by atoms with van der Waals surface area (Å²) in [5.41, 5.74) is 4.42. The number of carbonyl (C=O) groups excluding carboxylic acids is 1. The van der Waals surface area contributed by atoms with Gasteiger partial charge < -0.3 is 21.1 Å². The van der Waals surface area contributed by atoms with Gasteiger partial charge in [0.25, 0.3) is 0 Å². The number of nitrogens with zero attached hydrogens (tertiary/aromatic N) is 2. The molecule has 1 heterocycles. The smallest absolute Gasteiger partial charge is 0.350 e. The van der Waals surface area contributed by atoms with Crippen LogP contribution in [0.15, 0.2) is 17.1 Å². The minimum atomic E-state index is -1.91. The molecule has 0 bridgehead atoms. The Bertz CT molecular complexity index is 458. The maximum absolute atomic E-state index is 11.3. The van der Waals surface area contributed by atoms with E-state index in [0.717, 1.165) is 11.1 Å². The highest BCUT2D eigenvalue weighted by atomic mass is 16.4. The third-order valence-electron chi connectivity index (χ3n) is 1.94. The predicted octanol–water partition coefficient (Wildman–Crippen LogP) is -3.51. The second-order valence-corrected chi connectivity index (χ2v) is 3.24. The molecule has 1 aromatic rings. The summed E-state index contributed by atoms with van der Waals surface area (Å²) in [4.78, 5) is 25.9. The highest BCUT2D eigenvalue weighted by Crippen LogP contribution is 1.97. The largest absolute Gasteiger partial charge is 0.848 e. The number of nitrogens with two attached hydrogens (primary N) is 1. The lowest BCUT2D eigenvalue weighted by atomic mass is 10.1. The van der Waals surface area contributed by atoms with E-state index in [4.69, 9.17) is 10.8 Å². The number of aliphatic hydroxyl groups excluding tert-OH is 2. The lowest BCUT2D eigenvalue weighted by molar-refractivity contribution is -0.438. The fraction of sp³-hybridized carbons (Fsp3) is 0.333. The summed E-state index contributed by atoms with van der Waals surface area (Å²) < 4.78 is 0.784. The van der Waals surface area contributed by atoms with Crippen LogP contribution >= 0.6 is 0 Å². The number of anilines is 1.